The molecule has 0 amide bonds. The van der Waals surface area contributed by atoms with Crippen LogP contribution in [0.2, 0.25) is 0 Å². The van der Waals surface area contributed by atoms with Gasteiger partial charge in [-0.15, -0.1) is 0 Å². The zero-order chi connectivity index (χ0) is 6.85. The number of aromatic nitrogens is 1. The van der Waals surface area contributed by atoms with Crippen molar-refractivity contribution in [3.63, 3.8) is 0 Å². The molecule has 0 aliphatic heterocycles. The average Bonchev–Trinajstić information content (AvgIpc) is 2.10. The lowest BCUT2D eigenvalue weighted by Crippen LogP contribution is -1.95. The zero-order valence-electron chi connectivity index (χ0n) is 5.10. The molecule has 0 atom stereocenters. The standard InChI is InChI=1S/C5H8N2O2/c1-2-3-4(6)9-5(8)7-3/h2,6H2,1H3,(H,7,8). The number of hydrogen-bond acceptors (Lipinski definition) is 3. The molecule has 0 unspecified atom stereocenters. The Morgan fingerprint density at radius 1 is 1.78 bits per heavy atom. The lowest BCUT2D eigenvalue weighted by Gasteiger charge is -1.85. The summed E-state index contributed by atoms with van der Waals surface area (Å²) in [5.74, 6) is -0.285. The van der Waals surface area contributed by atoms with Crippen molar-refractivity contribution < 1.29 is 4.42 Å². The fourth-order valence-corrected chi connectivity index (χ4v) is 0.634. The van der Waals surface area contributed by atoms with Crippen molar-refractivity contribution in [3.8, 4) is 0 Å². The van der Waals surface area contributed by atoms with Gasteiger partial charge in [0.05, 0.1) is 5.69 Å². The van der Waals surface area contributed by atoms with Gasteiger partial charge >= 0.3 is 5.76 Å². The van der Waals surface area contributed by atoms with Crippen LogP contribution in [0.3, 0.4) is 0 Å². The molecule has 1 aromatic heterocycles. The van der Waals surface area contributed by atoms with Gasteiger partial charge in [-0.1, -0.05) is 6.92 Å². The topological polar surface area (TPSA) is 72.0 Å². The largest absolute Gasteiger partial charge is 0.418 e. The predicted octanol–water partition coefficient (Wildman–Crippen LogP) is 0.112. The molecule has 4 heteroatoms. The van der Waals surface area contributed by atoms with Crippen LogP contribution >= 0.6 is 0 Å². The number of nitrogen functional groups attached to an aromatic ring is 1. The van der Waals surface area contributed by atoms with Crippen LogP contribution in [0.4, 0.5) is 5.88 Å². The van der Waals surface area contributed by atoms with E-state index in [2.05, 4.69) is 9.40 Å². The van der Waals surface area contributed by atoms with Gasteiger partial charge in [0.1, 0.15) is 0 Å². The monoisotopic (exact) mass is 128 g/mol. The maximum atomic E-state index is 10.4. The number of aryl methyl sites for hydroxylation is 1. The first-order valence-corrected chi connectivity index (χ1v) is 2.71. The Hall–Kier alpha value is -1.19. The third-order valence-electron chi connectivity index (χ3n) is 1.11. The predicted molar refractivity (Wildman–Crippen MR) is 33.1 cm³/mol. The molecule has 0 saturated carbocycles. The molecule has 0 radical (unpaired) electrons. The Bertz CT molecular complexity index is 248. The molecule has 0 bridgehead atoms. The Balaban J connectivity index is 3.16. The summed E-state index contributed by atoms with van der Waals surface area (Å²) in [6.45, 7) is 1.89. The van der Waals surface area contributed by atoms with Crippen molar-refractivity contribution in [3.05, 3.63) is 16.2 Å². The number of aromatic amines is 1. The summed E-state index contributed by atoms with van der Waals surface area (Å²) >= 11 is 0. The Labute approximate surface area is 51.7 Å². The van der Waals surface area contributed by atoms with Crippen LogP contribution in [0.25, 0.3) is 0 Å². The van der Waals surface area contributed by atoms with Crippen LogP contribution in [0.1, 0.15) is 12.6 Å². The molecule has 1 aromatic rings. The molecule has 3 N–H and O–H groups in total. The van der Waals surface area contributed by atoms with Gasteiger partial charge in [-0.2, -0.15) is 0 Å². The van der Waals surface area contributed by atoms with E-state index in [1.807, 2.05) is 6.92 Å². The maximum Gasteiger partial charge on any atom is 0.418 e. The fourth-order valence-electron chi connectivity index (χ4n) is 0.634. The van der Waals surface area contributed by atoms with Crippen molar-refractivity contribution in [2.45, 2.75) is 13.3 Å². The molecule has 0 aromatic carbocycles. The molecule has 0 aliphatic carbocycles. The van der Waals surface area contributed by atoms with Crippen molar-refractivity contribution in [2.24, 2.45) is 0 Å². The SMILES string of the molecule is CCc1[nH]c(=O)oc1N. The molecule has 0 spiro atoms. The summed E-state index contributed by atoms with van der Waals surface area (Å²) in [5, 5.41) is 0. The van der Waals surface area contributed by atoms with E-state index in [0.29, 0.717) is 12.1 Å². The summed E-state index contributed by atoms with van der Waals surface area (Å²) < 4.78 is 4.47. The van der Waals surface area contributed by atoms with E-state index in [4.69, 9.17) is 5.73 Å². The van der Waals surface area contributed by atoms with Crippen LogP contribution in [0.5, 0.6) is 0 Å². The lowest BCUT2D eigenvalue weighted by molar-refractivity contribution is 0.533. The number of hydrogen-bond donors (Lipinski definition) is 2. The van der Waals surface area contributed by atoms with E-state index >= 15 is 0 Å². The van der Waals surface area contributed by atoms with Crippen LogP contribution < -0.4 is 11.5 Å². The molecule has 1 heterocycles. The highest BCUT2D eigenvalue weighted by Crippen LogP contribution is 2.03. The lowest BCUT2D eigenvalue weighted by atomic mass is 10.4. The summed E-state index contributed by atoms with van der Waals surface area (Å²) in [4.78, 5) is 12.8. The van der Waals surface area contributed by atoms with Gasteiger partial charge in [0, 0.05) is 0 Å². The number of nitrogens with one attached hydrogen (secondary N) is 1. The molecule has 1 rings (SSSR count). The highest BCUT2D eigenvalue weighted by Gasteiger charge is 2.00. The van der Waals surface area contributed by atoms with Gasteiger partial charge in [0.15, 0.2) is 0 Å². The molecule has 50 valence electrons. The minimum absolute atomic E-state index is 0.197. The quantitative estimate of drug-likeness (QED) is 0.564. The van der Waals surface area contributed by atoms with Crippen molar-refractivity contribution >= 4 is 5.88 Å². The highest BCUT2D eigenvalue weighted by molar-refractivity contribution is 5.28. The van der Waals surface area contributed by atoms with Crippen molar-refractivity contribution in [2.75, 3.05) is 5.73 Å². The highest BCUT2D eigenvalue weighted by atomic mass is 16.4. The number of oxazole rings is 1. The Morgan fingerprint density at radius 3 is 2.67 bits per heavy atom. The van der Waals surface area contributed by atoms with Crippen LogP contribution in [0.15, 0.2) is 9.21 Å². The van der Waals surface area contributed by atoms with Gasteiger partial charge in [-0.25, -0.2) is 4.79 Å². The van der Waals surface area contributed by atoms with Crippen LogP contribution in [-0.4, -0.2) is 4.98 Å². The van der Waals surface area contributed by atoms with Crippen molar-refractivity contribution in [1.82, 2.24) is 4.98 Å². The zero-order valence-corrected chi connectivity index (χ0v) is 5.10. The second-order valence-electron chi connectivity index (χ2n) is 1.71. The normalized spacial score (nSPS) is 9.89. The Kier molecular flexibility index (Phi) is 1.30. The number of nitrogens with two attached hydrogens (primary N) is 1. The summed E-state index contributed by atoms with van der Waals surface area (Å²) in [6, 6.07) is 0. The van der Waals surface area contributed by atoms with Gasteiger partial charge in [-0.3, -0.25) is 4.98 Å². The van der Waals surface area contributed by atoms with E-state index in [0.717, 1.165) is 0 Å². The van der Waals surface area contributed by atoms with E-state index in [-0.39, 0.29) is 5.88 Å². The van der Waals surface area contributed by atoms with Gasteiger partial charge < -0.3 is 10.2 Å². The molecular weight excluding hydrogens is 120 g/mol. The summed E-state index contributed by atoms with van der Waals surface area (Å²) in [6.07, 6.45) is 0.692. The Morgan fingerprint density at radius 2 is 2.44 bits per heavy atom. The smallest absolute Gasteiger partial charge is 0.392 e. The van der Waals surface area contributed by atoms with Gasteiger partial charge in [0.25, 0.3) is 0 Å². The summed E-state index contributed by atoms with van der Waals surface area (Å²) in [5.41, 5.74) is 5.92. The number of H-pyrrole nitrogens is 1. The molecule has 0 aliphatic rings. The third-order valence-corrected chi connectivity index (χ3v) is 1.11. The molecule has 0 saturated heterocycles. The maximum absolute atomic E-state index is 10.4. The van der Waals surface area contributed by atoms with Gasteiger partial charge in [-0.05, 0) is 6.42 Å². The first-order valence-electron chi connectivity index (χ1n) is 2.71. The van der Waals surface area contributed by atoms with Gasteiger partial charge in [0.2, 0.25) is 5.88 Å². The molecule has 9 heavy (non-hydrogen) atoms. The van der Waals surface area contributed by atoms with E-state index in [9.17, 15) is 4.79 Å². The first kappa shape index (κ1) is 5.94. The minimum Gasteiger partial charge on any atom is -0.392 e. The fraction of sp³-hybridized carbons (Fsp3) is 0.400. The average molecular weight is 128 g/mol. The minimum atomic E-state index is -0.482. The molecule has 4 nitrogen and oxygen atoms in total. The van der Waals surface area contributed by atoms with E-state index < -0.39 is 5.76 Å². The molecular formula is C5H8N2O2. The third kappa shape index (κ3) is 0.960. The van der Waals surface area contributed by atoms with E-state index in [1.54, 1.807) is 0 Å². The second-order valence-corrected chi connectivity index (χ2v) is 1.71. The summed E-state index contributed by atoms with van der Waals surface area (Å²) in [7, 11) is 0. The van der Waals surface area contributed by atoms with E-state index in [1.165, 1.54) is 0 Å². The van der Waals surface area contributed by atoms with Crippen LogP contribution in [-0.2, 0) is 6.42 Å². The van der Waals surface area contributed by atoms with Crippen LogP contribution in [0, 0.1) is 0 Å². The number of anilines is 1. The van der Waals surface area contributed by atoms with Crippen molar-refractivity contribution in [1.29, 1.82) is 0 Å². The first-order chi connectivity index (χ1) is 4.24. The molecule has 0 fully saturated rings. The second kappa shape index (κ2) is 1.97. The number of rotatable bonds is 1.